The molecule has 0 aliphatic carbocycles. The summed E-state index contributed by atoms with van der Waals surface area (Å²) in [5, 5.41) is 3.68. The van der Waals surface area contributed by atoms with Gasteiger partial charge in [0.05, 0.1) is 19.2 Å². The molecule has 1 saturated heterocycles. The van der Waals surface area contributed by atoms with Crippen LogP contribution in [0.25, 0.3) is 0 Å². The third-order valence-electron chi connectivity index (χ3n) is 5.12. The van der Waals surface area contributed by atoms with E-state index in [4.69, 9.17) is 11.6 Å². The smallest absolute Gasteiger partial charge is 0.337 e. The predicted octanol–water partition coefficient (Wildman–Crippen LogP) is 2.87. The van der Waals surface area contributed by atoms with Gasteiger partial charge in [-0.3, -0.25) is 9.69 Å². The van der Waals surface area contributed by atoms with Crippen molar-refractivity contribution >= 4 is 29.2 Å². The molecule has 0 bridgehead atoms. The molecule has 7 heteroatoms. The molecule has 1 aliphatic rings. The summed E-state index contributed by atoms with van der Waals surface area (Å²) in [5.41, 5.74) is 3.80. The number of nitrogens with zero attached hydrogens (tertiary/aromatic N) is 2. The average molecular weight is 416 g/mol. The molecule has 3 rings (SSSR count). The van der Waals surface area contributed by atoms with Gasteiger partial charge in [-0.25, -0.2) is 4.79 Å². The molecule has 1 fully saturated rings. The molecular formula is C22H26ClN3O3. The second-order valence-electron chi connectivity index (χ2n) is 7.16. The lowest BCUT2D eigenvalue weighted by molar-refractivity contribution is -0.122. The fraction of sp³-hybridized carbons (Fsp3) is 0.364. The molecule has 1 aliphatic heterocycles. The fourth-order valence-corrected chi connectivity index (χ4v) is 3.57. The molecule has 0 atom stereocenters. The zero-order valence-corrected chi connectivity index (χ0v) is 17.5. The highest BCUT2D eigenvalue weighted by molar-refractivity contribution is 6.30. The summed E-state index contributed by atoms with van der Waals surface area (Å²) in [6.07, 6.45) is 0. The van der Waals surface area contributed by atoms with E-state index in [2.05, 4.69) is 26.8 Å². The van der Waals surface area contributed by atoms with E-state index in [1.807, 2.05) is 30.3 Å². The SMILES string of the molecule is COC(=O)c1ccc(CNC(=O)CN2CCN(c3cc(Cl)ccc3C)CC2)cc1. The predicted molar refractivity (Wildman–Crippen MR) is 114 cm³/mol. The molecule has 0 aromatic heterocycles. The highest BCUT2D eigenvalue weighted by Gasteiger charge is 2.20. The number of hydrogen-bond donors (Lipinski definition) is 1. The Hall–Kier alpha value is -2.57. The number of amides is 1. The van der Waals surface area contributed by atoms with Gasteiger partial charge in [0.15, 0.2) is 0 Å². The molecule has 1 amide bonds. The second-order valence-corrected chi connectivity index (χ2v) is 7.60. The molecule has 29 heavy (non-hydrogen) atoms. The summed E-state index contributed by atoms with van der Waals surface area (Å²) in [6.45, 7) is 6.28. The third-order valence-corrected chi connectivity index (χ3v) is 5.35. The van der Waals surface area contributed by atoms with E-state index in [9.17, 15) is 9.59 Å². The summed E-state index contributed by atoms with van der Waals surface area (Å²) in [4.78, 5) is 28.2. The Bertz CT molecular complexity index is 862. The van der Waals surface area contributed by atoms with Gasteiger partial charge in [-0.1, -0.05) is 29.8 Å². The van der Waals surface area contributed by atoms with E-state index in [1.54, 1.807) is 12.1 Å². The zero-order chi connectivity index (χ0) is 20.8. The molecule has 2 aromatic carbocycles. The van der Waals surface area contributed by atoms with Crippen molar-refractivity contribution in [2.75, 3.05) is 44.7 Å². The molecule has 0 unspecified atom stereocenters. The van der Waals surface area contributed by atoms with Crippen molar-refractivity contribution in [2.45, 2.75) is 13.5 Å². The number of anilines is 1. The number of halogens is 1. The van der Waals surface area contributed by atoms with Gasteiger partial charge in [0, 0.05) is 43.4 Å². The Morgan fingerprint density at radius 2 is 1.76 bits per heavy atom. The highest BCUT2D eigenvalue weighted by atomic mass is 35.5. The Morgan fingerprint density at radius 1 is 1.07 bits per heavy atom. The summed E-state index contributed by atoms with van der Waals surface area (Å²) in [5.74, 6) is -0.373. The largest absolute Gasteiger partial charge is 0.465 e. The summed E-state index contributed by atoms with van der Waals surface area (Å²) >= 11 is 6.14. The molecule has 154 valence electrons. The first-order valence-corrected chi connectivity index (χ1v) is 10.0. The van der Waals surface area contributed by atoms with Crippen LogP contribution in [0.15, 0.2) is 42.5 Å². The first kappa shape index (κ1) is 21.1. The molecule has 6 nitrogen and oxygen atoms in total. The fourth-order valence-electron chi connectivity index (χ4n) is 3.41. The minimum atomic E-state index is -0.368. The number of nitrogens with one attached hydrogen (secondary N) is 1. The first-order valence-electron chi connectivity index (χ1n) is 9.63. The highest BCUT2D eigenvalue weighted by Crippen LogP contribution is 2.25. The third kappa shape index (κ3) is 5.71. The molecule has 0 spiro atoms. The van der Waals surface area contributed by atoms with Gasteiger partial charge >= 0.3 is 5.97 Å². The van der Waals surface area contributed by atoms with Gasteiger partial charge in [-0.05, 0) is 42.3 Å². The summed E-state index contributed by atoms with van der Waals surface area (Å²) in [7, 11) is 1.35. The number of carbonyl (C=O) groups excluding carboxylic acids is 2. The Morgan fingerprint density at radius 3 is 2.41 bits per heavy atom. The van der Waals surface area contributed by atoms with Crippen LogP contribution in [0.1, 0.15) is 21.5 Å². The van der Waals surface area contributed by atoms with Gasteiger partial charge in [0.2, 0.25) is 5.91 Å². The van der Waals surface area contributed by atoms with Gasteiger partial charge < -0.3 is 15.0 Å². The lowest BCUT2D eigenvalue weighted by atomic mass is 10.1. The minimum absolute atomic E-state index is 0.00516. The van der Waals surface area contributed by atoms with Crippen molar-refractivity contribution < 1.29 is 14.3 Å². The number of rotatable bonds is 6. The van der Waals surface area contributed by atoms with Crippen molar-refractivity contribution in [2.24, 2.45) is 0 Å². The number of esters is 1. The van der Waals surface area contributed by atoms with E-state index in [0.29, 0.717) is 18.7 Å². The number of benzene rings is 2. The lowest BCUT2D eigenvalue weighted by Crippen LogP contribution is -2.49. The minimum Gasteiger partial charge on any atom is -0.465 e. The number of hydrogen-bond acceptors (Lipinski definition) is 5. The van der Waals surface area contributed by atoms with E-state index >= 15 is 0 Å². The van der Waals surface area contributed by atoms with Crippen molar-refractivity contribution in [3.05, 3.63) is 64.2 Å². The van der Waals surface area contributed by atoms with E-state index in [1.165, 1.54) is 12.7 Å². The van der Waals surface area contributed by atoms with Crippen LogP contribution in [-0.2, 0) is 16.1 Å². The Labute approximate surface area is 176 Å². The quantitative estimate of drug-likeness (QED) is 0.735. The van der Waals surface area contributed by atoms with Crippen LogP contribution >= 0.6 is 11.6 Å². The number of methoxy groups -OCH3 is 1. The maximum atomic E-state index is 12.3. The van der Waals surface area contributed by atoms with Gasteiger partial charge in [0.1, 0.15) is 0 Å². The van der Waals surface area contributed by atoms with Gasteiger partial charge in [0.25, 0.3) is 0 Å². The maximum Gasteiger partial charge on any atom is 0.337 e. The molecule has 1 N–H and O–H groups in total. The topological polar surface area (TPSA) is 61.9 Å². The monoisotopic (exact) mass is 415 g/mol. The number of piperazine rings is 1. The Balaban J connectivity index is 1.44. The van der Waals surface area contributed by atoms with E-state index in [0.717, 1.165) is 42.5 Å². The van der Waals surface area contributed by atoms with Gasteiger partial charge in [-0.15, -0.1) is 0 Å². The average Bonchev–Trinajstić information content (AvgIpc) is 2.74. The number of aryl methyl sites for hydroxylation is 1. The first-order chi connectivity index (χ1) is 14.0. The van der Waals surface area contributed by atoms with Crippen molar-refractivity contribution in [1.29, 1.82) is 0 Å². The van der Waals surface area contributed by atoms with Crippen LogP contribution in [-0.4, -0.2) is 56.6 Å². The van der Waals surface area contributed by atoms with Crippen LogP contribution in [0.4, 0.5) is 5.69 Å². The normalized spacial score (nSPS) is 14.5. The van der Waals surface area contributed by atoms with E-state index in [-0.39, 0.29) is 11.9 Å². The van der Waals surface area contributed by atoms with Crippen molar-refractivity contribution in [1.82, 2.24) is 10.2 Å². The summed E-state index contributed by atoms with van der Waals surface area (Å²) < 4.78 is 4.68. The van der Waals surface area contributed by atoms with Crippen LogP contribution in [0.3, 0.4) is 0 Å². The van der Waals surface area contributed by atoms with E-state index < -0.39 is 0 Å². The molecule has 2 aromatic rings. The van der Waals surface area contributed by atoms with Crippen molar-refractivity contribution in [3.8, 4) is 0 Å². The van der Waals surface area contributed by atoms with Crippen LogP contribution in [0.5, 0.6) is 0 Å². The van der Waals surface area contributed by atoms with Crippen molar-refractivity contribution in [3.63, 3.8) is 0 Å². The second kappa shape index (κ2) is 9.76. The lowest BCUT2D eigenvalue weighted by Gasteiger charge is -2.36. The Kier molecular flexibility index (Phi) is 7.12. The molecule has 1 heterocycles. The molecule has 0 radical (unpaired) electrons. The zero-order valence-electron chi connectivity index (χ0n) is 16.8. The van der Waals surface area contributed by atoms with Crippen LogP contribution in [0, 0.1) is 6.92 Å². The van der Waals surface area contributed by atoms with Crippen LogP contribution in [0.2, 0.25) is 5.02 Å². The molecule has 0 saturated carbocycles. The maximum absolute atomic E-state index is 12.3. The van der Waals surface area contributed by atoms with Gasteiger partial charge in [-0.2, -0.15) is 0 Å². The van der Waals surface area contributed by atoms with Crippen LogP contribution < -0.4 is 10.2 Å². The standard InChI is InChI=1S/C22H26ClN3O3/c1-16-3-8-19(23)13-20(16)26-11-9-25(10-12-26)15-21(27)24-14-17-4-6-18(7-5-17)22(28)29-2/h3-8,13H,9-12,14-15H2,1-2H3,(H,24,27). The number of ether oxygens (including phenoxy) is 1. The molecular weight excluding hydrogens is 390 g/mol. The number of carbonyl (C=O) groups is 2. The summed E-state index contributed by atoms with van der Waals surface area (Å²) in [6, 6.07) is 13.0.